The molecule has 1 aromatic carbocycles. The van der Waals surface area contributed by atoms with E-state index in [1.54, 1.807) is 6.20 Å². The van der Waals surface area contributed by atoms with Crippen LogP contribution in [0.2, 0.25) is 0 Å². The molecule has 0 saturated carbocycles. The van der Waals surface area contributed by atoms with Gasteiger partial charge in [0.2, 0.25) is 0 Å². The topological polar surface area (TPSA) is 50.2 Å². The van der Waals surface area contributed by atoms with Crippen molar-refractivity contribution >= 4 is 5.91 Å². The van der Waals surface area contributed by atoms with Gasteiger partial charge >= 0.3 is 0 Å². The summed E-state index contributed by atoms with van der Waals surface area (Å²) in [6.07, 6.45) is 3.76. The van der Waals surface area contributed by atoms with Crippen molar-refractivity contribution in [2.24, 2.45) is 11.8 Å². The fourth-order valence-electron chi connectivity index (χ4n) is 4.21. The van der Waals surface area contributed by atoms with Crippen LogP contribution in [0.1, 0.15) is 48.8 Å². The number of likely N-dealkylation sites (tertiary alicyclic amines) is 1. The maximum Gasteiger partial charge on any atom is 0.254 e. The summed E-state index contributed by atoms with van der Waals surface area (Å²) in [5, 5.41) is 7.56. The number of piperidine rings is 1. The van der Waals surface area contributed by atoms with Crippen LogP contribution in [-0.2, 0) is 6.42 Å². The zero-order valence-corrected chi connectivity index (χ0v) is 17.0. The lowest BCUT2D eigenvalue weighted by atomic mass is 9.92. The first-order chi connectivity index (χ1) is 13.0. The van der Waals surface area contributed by atoms with Crippen LogP contribution in [0.5, 0.6) is 0 Å². The van der Waals surface area contributed by atoms with Crippen molar-refractivity contribution in [1.82, 2.24) is 20.0 Å². The molecule has 1 aliphatic heterocycles. The summed E-state index contributed by atoms with van der Waals surface area (Å²) >= 11 is 0. The highest BCUT2D eigenvalue weighted by Gasteiger charge is 2.22. The molecule has 1 fully saturated rings. The van der Waals surface area contributed by atoms with Crippen molar-refractivity contribution in [1.29, 1.82) is 0 Å². The van der Waals surface area contributed by atoms with E-state index in [0.717, 1.165) is 49.3 Å². The predicted octanol–water partition coefficient (Wildman–Crippen LogP) is 3.45. The van der Waals surface area contributed by atoms with Gasteiger partial charge in [0.15, 0.2) is 0 Å². The average molecular weight is 369 g/mol. The Kier molecular flexibility index (Phi) is 6.32. The molecule has 0 aliphatic carbocycles. The third-order valence-corrected chi connectivity index (χ3v) is 5.39. The minimum atomic E-state index is -0.0247. The Balaban J connectivity index is 1.62. The largest absolute Gasteiger partial charge is 0.351 e. The Morgan fingerprint density at radius 2 is 1.85 bits per heavy atom. The number of hydrogen-bond acceptors (Lipinski definition) is 3. The van der Waals surface area contributed by atoms with Crippen LogP contribution >= 0.6 is 0 Å². The highest BCUT2D eigenvalue weighted by molar-refractivity contribution is 5.95. The van der Waals surface area contributed by atoms with E-state index < -0.39 is 0 Å². The van der Waals surface area contributed by atoms with E-state index in [1.165, 1.54) is 12.0 Å². The van der Waals surface area contributed by atoms with Crippen molar-refractivity contribution in [2.45, 2.75) is 40.5 Å². The van der Waals surface area contributed by atoms with Gasteiger partial charge in [0.05, 0.1) is 23.1 Å². The van der Waals surface area contributed by atoms with Gasteiger partial charge in [-0.05, 0) is 43.7 Å². The van der Waals surface area contributed by atoms with Crippen LogP contribution in [-0.4, -0.2) is 46.8 Å². The summed E-state index contributed by atoms with van der Waals surface area (Å²) in [5.41, 5.74) is 3.84. The SMILES string of the molecule is CCc1c(C(=O)NCCN2CC(C)CC(C)C2)cnn1-c1ccc(C)cc1. The van der Waals surface area contributed by atoms with E-state index in [1.807, 2.05) is 16.8 Å². The van der Waals surface area contributed by atoms with Crippen molar-refractivity contribution in [3.8, 4) is 5.69 Å². The molecular weight excluding hydrogens is 336 g/mol. The number of aromatic nitrogens is 2. The van der Waals surface area contributed by atoms with Crippen molar-refractivity contribution < 1.29 is 4.79 Å². The van der Waals surface area contributed by atoms with Gasteiger partial charge in [-0.25, -0.2) is 4.68 Å². The van der Waals surface area contributed by atoms with E-state index in [4.69, 9.17) is 0 Å². The molecule has 0 spiro atoms. The maximum absolute atomic E-state index is 12.7. The number of amides is 1. The molecule has 3 rings (SSSR count). The summed E-state index contributed by atoms with van der Waals surface area (Å²) in [4.78, 5) is 15.2. The normalized spacial score (nSPS) is 20.6. The molecule has 2 heterocycles. The molecule has 0 bridgehead atoms. The average Bonchev–Trinajstić information content (AvgIpc) is 3.05. The zero-order valence-electron chi connectivity index (χ0n) is 17.0. The van der Waals surface area contributed by atoms with Gasteiger partial charge < -0.3 is 10.2 Å². The summed E-state index contributed by atoms with van der Waals surface area (Å²) in [6.45, 7) is 12.6. The molecule has 27 heavy (non-hydrogen) atoms. The van der Waals surface area contributed by atoms with Crippen LogP contribution in [0, 0.1) is 18.8 Å². The van der Waals surface area contributed by atoms with Crippen molar-refractivity contribution in [3.05, 3.63) is 47.3 Å². The van der Waals surface area contributed by atoms with Gasteiger partial charge in [-0.1, -0.05) is 38.5 Å². The summed E-state index contributed by atoms with van der Waals surface area (Å²) in [5.74, 6) is 1.45. The molecular formula is C22H32N4O. The number of nitrogens with one attached hydrogen (secondary N) is 1. The molecule has 1 saturated heterocycles. The summed E-state index contributed by atoms with van der Waals surface area (Å²) < 4.78 is 1.88. The highest BCUT2D eigenvalue weighted by Crippen LogP contribution is 2.20. The van der Waals surface area contributed by atoms with Crippen LogP contribution in [0.25, 0.3) is 5.69 Å². The monoisotopic (exact) mass is 368 g/mol. The molecule has 5 heteroatoms. The Hall–Kier alpha value is -2.14. The summed E-state index contributed by atoms with van der Waals surface area (Å²) in [6, 6.07) is 8.22. The first-order valence-electron chi connectivity index (χ1n) is 10.1. The van der Waals surface area contributed by atoms with E-state index in [2.05, 4.69) is 55.1 Å². The molecule has 146 valence electrons. The second kappa shape index (κ2) is 8.70. The minimum Gasteiger partial charge on any atom is -0.351 e. The van der Waals surface area contributed by atoms with Gasteiger partial charge in [-0.15, -0.1) is 0 Å². The third-order valence-electron chi connectivity index (χ3n) is 5.39. The van der Waals surface area contributed by atoms with E-state index in [-0.39, 0.29) is 5.91 Å². The molecule has 2 aromatic rings. The van der Waals surface area contributed by atoms with Crippen LogP contribution in [0.4, 0.5) is 0 Å². The first-order valence-corrected chi connectivity index (χ1v) is 10.1. The lowest BCUT2D eigenvalue weighted by molar-refractivity contribution is 0.0935. The quantitative estimate of drug-likeness (QED) is 0.850. The Bertz CT molecular complexity index is 755. The van der Waals surface area contributed by atoms with Gasteiger partial charge in [0, 0.05) is 26.2 Å². The van der Waals surface area contributed by atoms with E-state index in [9.17, 15) is 4.79 Å². The van der Waals surface area contributed by atoms with E-state index >= 15 is 0 Å². The Morgan fingerprint density at radius 1 is 1.19 bits per heavy atom. The van der Waals surface area contributed by atoms with Gasteiger partial charge in [-0.3, -0.25) is 4.79 Å². The fraction of sp³-hybridized carbons (Fsp3) is 0.545. The highest BCUT2D eigenvalue weighted by atomic mass is 16.1. The molecule has 0 radical (unpaired) electrons. The minimum absolute atomic E-state index is 0.0247. The van der Waals surface area contributed by atoms with Crippen molar-refractivity contribution in [3.63, 3.8) is 0 Å². The number of benzene rings is 1. The first kappa shape index (κ1) is 19.6. The molecule has 1 amide bonds. The van der Waals surface area contributed by atoms with Crippen LogP contribution in [0.3, 0.4) is 0 Å². The second-order valence-corrected chi connectivity index (χ2v) is 8.07. The standard InChI is InChI=1S/C22H32N4O/c1-5-21-20(13-24-26(21)19-8-6-16(2)7-9-19)22(27)23-10-11-25-14-17(3)12-18(4)15-25/h6-9,13,17-18H,5,10-12,14-15H2,1-4H3,(H,23,27). The number of rotatable bonds is 6. The number of aryl methyl sites for hydroxylation is 1. The zero-order chi connectivity index (χ0) is 19.4. The Morgan fingerprint density at radius 3 is 2.48 bits per heavy atom. The summed E-state index contributed by atoms with van der Waals surface area (Å²) in [7, 11) is 0. The number of carbonyl (C=O) groups is 1. The lowest BCUT2D eigenvalue weighted by Gasteiger charge is -2.34. The molecule has 1 aromatic heterocycles. The second-order valence-electron chi connectivity index (χ2n) is 8.07. The predicted molar refractivity (Wildman–Crippen MR) is 109 cm³/mol. The van der Waals surface area contributed by atoms with Crippen LogP contribution in [0.15, 0.2) is 30.5 Å². The van der Waals surface area contributed by atoms with Crippen LogP contribution < -0.4 is 5.32 Å². The molecule has 1 N–H and O–H groups in total. The molecule has 1 aliphatic rings. The fourth-order valence-corrected chi connectivity index (χ4v) is 4.21. The Labute approximate surface area is 162 Å². The maximum atomic E-state index is 12.7. The molecule has 2 unspecified atom stereocenters. The number of nitrogens with zero attached hydrogens (tertiary/aromatic N) is 3. The van der Waals surface area contributed by atoms with Gasteiger partial charge in [0.25, 0.3) is 5.91 Å². The smallest absolute Gasteiger partial charge is 0.254 e. The van der Waals surface area contributed by atoms with Crippen molar-refractivity contribution in [2.75, 3.05) is 26.2 Å². The van der Waals surface area contributed by atoms with E-state index in [0.29, 0.717) is 12.1 Å². The lowest BCUT2D eigenvalue weighted by Crippen LogP contribution is -2.42. The van der Waals surface area contributed by atoms with Gasteiger partial charge in [-0.2, -0.15) is 5.10 Å². The molecule has 2 atom stereocenters. The third kappa shape index (κ3) is 4.78. The molecule has 5 nitrogen and oxygen atoms in total. The number of hydrogen-bond donors (Lipinski definition) is 1. The van der Waals surface area contributed by atoms with Gasteiger partial charge in [0.1, 0.15) is 0 Å². The number of carbonyl (C=O) groups excluding carboxylic acids is 1.